The van der Waals surface area contributed by atoms with Gasteiger partial charge in [-0.2, -0.15) is 0 Å². The highest BCUT2D eigenvalue weighted by Crippen LogP contribution is 2.38. The normalized spacial score (nSPS) is 17.3. The van der Waals surface area contributed by atoms with Crippen LogP contribution in [-0.4, -0.2) is 66.7 Å². The number of nitrogens with zero attached hydrogens (tertiary/aromatic N) is 4. The highest BCUT2D eigenvalue weighted by Gasteiger charge is 2.36. The average molecular weight is 556 g/mol. The van der Waals surface area contributed by atoms with Crippen molar-refractivity contribution >= 4 is 40.3 Å². The van der Waals surface area contributed by atoms with E-state index in [0.717, 1.165) is 30.9 Å². The number of nitro groups is 1. The van der Waals surface area contributed by atoms with Crippen molar-refractivity contribution in [3.05, 3.63) is 94.0 Å². The van der Waals surface area contributed by atoms with Crippen LogP contribution in [0.25, 0.3) is 0 Å². The van der Waals surface area contributed by atoms with E-state index in [1.165, 1.54) is 12.1 Å². The lowest BCUT2D eigenvalue weighted by Crippen LogP contribution is -2.44. The largest absolute Gasteiger partial charge is 0.379 e. The van der Waals surface area contributed by atoms with E-state index in [0.29, 0.717) is 42.4 Å². The van der Waals surface area contributed by atoms with Crippen molar-refractivity contribution in [3.8, 4) is 0 Å². The zero-order valence-electron chi connectivity index (χ0n) is 23.2. The first kappa shape index (κ1) is 28.1. The Kier molecular flexibility index (Phi) is 8.51. The highest BCUT2D eigenvalue weighted by molar-refractivity contribution is 6.24. The number of nitrogens with one attached hydrogen (secondary N) is 1. The Morgan fingerprint density at radius 3 is 2.46 bits per heavy atom. The van der Waals surface area contributed by atoms with Crippen LogP contribution >= 0.6 is 0 Å². The van der Waals surface area contributed by atoms with E-state index >= 15 is 0 Å². The van der Waals surface area contributed by atoms with E-state index in [1.54, 1.807) is 6.07 Å². The summed E-state index contributed by atoms with van der Waals surface area (Å²) < 4.78 is 5.44. The van der Waals surface area contributed by atoms with Gasteiger partial charge in [-0.05, 0) is 35.9 Å². The molecule has 1 N–H and O–H groups in total. The van der Waals surface area contributed by atoms with Crippen LogP contribution in [0, 0.1) is 16.0 Å². The van der Waals surface area contributed by atoms with Gasteiger partial charge < -0.3 is 15.0 Å². The van der Waals surface area contributed by atoms with Crippen LogP contribution in [-0.2, 0) is 14.3 Å². The molecule has 5 rings (SSSR count). The van der Waals surface area contributed by atoms with Gasteiger partial charge in [0.2, 0.25) is 11.8 Å². The molecular weight excluding hydrogens is 522 g/mol. The van der Waals surface area contributed by atoms with Gasteiger partial charge in [0, 0.05) is 61.2 Å². The minimum absolute atomic E-state index is 0.0420. The molecule has 1 unspecified atom stereocenters. The van der Waals surface area contributed by atoms with Gasteiger partial charge in [-0.1, -0.05) is 44.2 Å². The van der Waals surface area contributed by atoms with Crippen LogP contribution in [0.15, 0.2) is 77.8 Å². The monoisotopic (exact) mass is 555 g/mol. The Hall–Kier alpha value is -4.41. The van der Waals surface area contributed by atoms with Crippen molar-refractivity contribution in [3.63, 3.8) is 0 Å². The predicted octanol–water partition coefficient (Wildman–Crippen LogP) is 4.77. The number of amides is 2. The molecule has 0 aliphatic carbocycles. The van der Waals surface area contributed by atoms with Gasteiger partial charge in [-0.15, -0.1) is 0 Å². The van der Waals surface area contributed by atoms with Crippen LogP contribution in [0.4, 0.5) is 22.7 Å². The van der Waals surface area contributed by atoms with Crippen LogP contribution < -0.4 is 10.2 Å². The Bertz CT molecular complexity index is 1450. The van der Waals surface area contributed by atoms with Gasteiger partial charge in [0.05, 0.1) is 29.5 Å². The maximum atomic E-state index is 13.2. The number of benzene rings is 3. The third-order valence-electron chi connectivity index (χ3n) is 7.33. The lowest BCUT2D eigenvalue weighted by atomic mass is 9.90. The minimum atomic E-state index is -0.820. The second kappa shape index (κ2) is 12.4. The maximum absolute atomic E-state index is 13.2. The number of carbonyl (C=O) groups is 2. The van der Waals surface area contributed by atoms with E-state index in [-0.39, 0.29) is 23.4 Å². The molecule has 2 aliphatic rings. The van der Waals surface area contributed by atoms with Crippen LogP contribution in [0.3, 0.4) is 0 Å². The first-order valence-electron chi connectivity index (χ1n) is 13.8. The summed E-state index contributed by atoms with van der Waals surface area (Å²) in [6.07, 6.45) is 0. The molecule has 1 atom stereocenters. The molecule has 0 radical (unpaired) electrons. The molecule has 212 valence electrons. The molecule has 0 spiro atoms. The van der Waals surface area contributed by atoms with Crippen LogP contribution in [0.2, 0.25) is 0 Å². The van der Waals surface area contributed by atoms with Gasteiger partial charge in [0.25, 0.3) is 5.69 Å². The fourth-order valence-corrected chi connectivity index (χ4v) is 5.13. The molecule has 0 saturated carbocycles. The van der Waals surface area contributed by atoms with E-state index in [1.807, 2.05) is 73.3 Å². The number of ether oxygens (including phenoxy) is 1. The fourth-order valence-electron chi connectivity index (χ4n) is 5.13. The Morgan fingerprint density at radius 1 is 1.10 bits per heavy atom. The van der Waals surface area contributed by atoms with E-state index < -0.39 is 10.8 Å². The number of morpholine rings is 1. The summed E-state index contributed by atoms with van der Waals surface area (Å²) in [5, 5.41) is 14.3. The average Bonchev–Trinajstić information content (AvgIpc) is 3.32. The smallest absolute Gasteiger partial charge is 0.269 e. The number of aliphatic imine (C=N–C) groups is 1. The molecule has 0 aromatic heterocycles. The summed E-state index contributed by atoms with van der Waals surface area (Å²) in [6.45, 7) is 8.19. The zero-order valence-corrected chi connectivity index (χ0v) is 23.2. The number of fused-ring (bicyclic) bond motifs is 1. The van der Waals surface area contributed by atoms with Gasteiger partial charge in [-0.25, -0.2) is 0 Å². The van der Waals surface area contributed by atoms with Gasteiger partial charge in [0.15, 0.2) is 0 Å². The zero-order chi connectivity index (χ0) is 28.9. The quantitative estimate of drug-likeness (QED) is 0.231. The summed E-state index contributed by atoms with van der Waals surface area (Å²) in [5.74, 6) is -1.23. The second-order valence-electron chi connectivity index (χ2n) is 10.4. The van der Waals surface area contributed by atoms with Crippen molar-refractivity contribution in [1.29, 1.82) is 0 Å². The second-order valence-corrected chi connectivity index (χ2v) is 10.4. The third-order valence-corrected chi connectivity index (χ3v) is 7.33. The molecule has 1 saturated heterocycles. The van der Waals surface area contributed by atoms with Crippen LogP contribution in [0.5, 0.6) is 0 Å². The molecule has 2 heterocycles. The Labute approximate surface area is 238 Å². The van der Waals surface area contributed by atoms with Crippen LogP contribution in [0.1, 0.15) is 30.9 Å². The number of non-ortho nitro benzene ring substituents is 1. The molecule has 2 aliphatic heterocycles. The maximum Gasteiger partial charge on any atom is 0.269 e. The highest BCUT2D eigenvalue weighted by atomic mass is 16.6. The Morgan fingerprint density at radius 2 is 1.80 bits per heavy atom. The lowest BCUT2D eigenvalue weighted by molar-refractivity contribution is -0.384. The summed E-state index contributed by atoms with van der Waals surface area (Å²) in [6, 6.07) is 21.1. The predicted molar refractivity (Wildman–Crippen MR) is 158 cm³/mol. The standard InChI is InChI=1S/C31H33N5O5/c1-21(2)31(38)35(15-14-34-16-18-41-19-17-34)24-10-8-23(9-11-24)32-29(22-6-4-3-5-7-22)28-26-20-25(36(39)40)12-13-27(26)33-30(28)37/h3-13,20-21,28H,14-19H2,1-2H3,(H,33,37). The topological polar surface area (TPSA) is 117 Å². The number of carbonyl (C=O) groups excluding carboxylic acids is 2. The lowest BCUT2D eigenvalue weighted by Gasteiger charge is -2.31. The first-order chi connectivity index (χ1) is 19.8. The van der Waals surface area contributed by atoms with E-state index in [4.69, 9.17) is 9.73 Å². The van der Waals surface area contributed by atoms with Crippen molar-refractivity contribution in [2.75, 3.05) is 49.6 Å². The Balaban J connectivity index is 1.47. The van der Waals surface area contributed by atoms with Crippen molar-refractivity contribution in [1.82, 2.24) is 4.90 Å². The van der Waals surface area contributed by atoms with E-state index in [2.05, 4.69) is 10.2 Å². The SMILES string of the molecule is CC(C)C(=O)N(CCN1CCOCC1)c1ccc(N=C(c2ccccc2)C2C(=O)Nc3ccc([N+](=O)[O-])cc32)cc1. The van der Waals surface area contributed by atoms with Crippen molar-refractivity contribution in [2.24, 2.45) is 10.9 Å². The molecule has 10 nitrogen and oxygen atoms in total. The molecule has 41 heavy (non-hydrogen) atoms. The molecule has 10 heteroatoms. The minimum Gasteiger partial charge on any atom is -0.379 e. The van der Waals surface area contributed by atoms with Gasteiger partial charge in [-0.3, -0.25) is 29.6 Å². The number of nitro benzene ring substituents is 1. The summed E-state index contributed by atoms with van der Waals surface area (Å²) in [4.78, 5) is 46.3. The number of anilines is 2. The molecule has 2 amide bonds. The van der Waals surface area contributed by atoms with Gasteiger partial charge >= 0.3 is 0 Å². The first-order valence-corrected chi connectivity index (χ1v) is 13.8. The molecule has 1 fully saturated rings. The summed E-state index contributed by atoms with van der Waals surface area (Å²) >= 11 is 0. The fraction of sp³-hybridized carbons (Fsp3) is 0.323. The van der Waals surface area contributed by atoms with Crippen molar-refractivity contribution in [2.45, 2.75) is 19.8 Å². The molecule has 3 aromatic carbocycles. The number of hydrogen-bond acceptors (Lipinski definition) is 7. The van der Waals surface area contributed by atoms with Crippen molar-refractivity contribution < 1.29 is 19.2 Å². The third kappa shape index (κ3) is 6.34. The van der Waals surface area contributed by atoms with E-state index in [9.17, 15) is 19.7 Å². The summed E-state index contributed by atoms with van der Waals surface area (Å²) in [7, 11) is 0. The number of rotatable bonds is 9. The van der Waals surface area contributed by atoms with Gasteiger partial charge in [0.1, 0.15) is 5.92 Å². The molecule has 0 bridgehead atoms. The molecule has 3 aromatic rings. The number of hydrogen-bond donors (Lipinski definition) is 1. The summed E-state index contributed by atoms with van der Waals surface area (Å²) in [5.41, 5.74) is 3.55. The molecular formula is C31H33N5O5.